The van der Waals surface area contributed by atoms with E-state index in [0.717, 1.165) is 64.1 Å². The van der Waals surface area contributed by atoms with Crippen LogP contribution in [-0.2, 0) is 4.79 Å². The maximum absolute atomic E-state index is 12.7. The van der Waals surface area contributed by atoms with E-state index in [9.17, 15) is 4.79 Å². The van der Waals surface area contributed by atoms with Crippen molar-refractivity contribution in [1.82, 2.24) is 10.2 Å². The van der Waals surface area contributed by atoms with Gasteiger partial charge in [-0.3, -0.25) is 4.79 Å². The Hall–Kier alpha value is -0.610. The number of nitrogens with two attached hydrogens (primary N) is 1. The molecule has 0 aromatic carbocycles. The van der Waals surface area contributed by atoms with Crippen molar-refractivity contribution in [2.75, 3.05) is 26.2 Å². The summed E-state index contributed by atoms with van der Waals surface area (Å²) in [6, 6.07) is 0.355. The van der Waals surface area contributed by atoms with Gasteiger partial charge in [0, 0.05) is 25.7 Å². The molecule has 1 aliphatic heterocycles. The summed E-state index contributed by atoms with van der Waals surface area (Å²) in [5.74, 6) is 0.970. The lowest BCUT2D eigenvalue weighted by Gasteiger charge is -2.39. The number of amides is 1. The minimum Gasteiger partial charge on any atom is -0.353 e. The number of piperidine rings is 1. The fourth-order valence-corrected chi connectivity index (χ4v) is 3.57. The van der Waals surface area contributed by atoms with Gasteiger partial charge in [-0.25, -0.2) is 0 Å². The second-order valence-electron chi connectivity index (χ2n) is 6.85. The largest absolute Gasteiger partial charge is 0.353 e. The summed E-state index contributed by atoms with van der Waals surface area (Å²) in [4.78, 5) is 15.1. The Kier molecular flexibility index (Phi) is 5.44. The molecule has 0 bridgehead atoms. The van der Waals surface area contributed by atoms with Gasteiger partial charge in [0.1, 0.15) is 0 Å². The number of rotatable bonds is 4. The third kappa shape index (κ3) is 3.53. The summed E-state index contributed by atoms with van der Waals surface area (Å²) in [5, 5.41) is 3.29. The maximum atomic E-state index is 12.7. The van der Waals surface area contributed by atoms with Crippen molar-refractivity contribution >= 4 is 5.91 Å². The Morgan fingerprint density at radius 1 is 1.25 bits per heavy atom. The molecule has 116 valence electrons. The summed E-state index contributed by atoms with van der Waals surface area (Å²) in [6.07, 6.45) is 6.36. The molecule has 2 aliphatic rings. The molecule has 1 heterocycles. The third-order valence-electron chi connectivity index (χ3n) is 5.47. The van der Waals surface area contributed by atoms with Crippen LogP contribution in [-0.4, -0.2) is 43.0 Å². The number of nitrogens with zero attached hydrogens (tertiary/aromatic N) is 1. The average molecular weight is 281 g/mol. The Labute approximate surface area is 123 Å². The molecule has 1 saturated heterocycles. The second-order valence-corrected chi connectivity index (χ2v) is 6.85. The van der Waals surface area contributed by atoms with Crippen molar-refractivity contribution < 1.29 is 4.79 Å². The van der Waals surface area contributed by atoms with Crippen molar-refractivity contribution in [3.63, 3.8) is 0 Å². The summed E-state index contributed by atoms with van der Waals surface area (Å²) in [6.45, 7) is 8.30. The summed E-state index contributed by atoms with van der Waals surface area (Å²) >= 11 is 0. The van der Waals surface area contributed by atoms with Crippen LogP contribution in [0.3, 0.4) is 0 Å². The van der Waals surface area contributed by atoms with E-state index in [1.165, 1.54) is 0 Å². The highest BCUT2D eigenvalue weighted by Crippen LogP contribution is 2.38. The molecule has 1 amide bonds. The van der Waals surface area contributed by atoms with E-state index in [1.807, 2.05) is 0 Å². The topological polar surface area (TPSA) is 58.4 Å². The van der Waals surface area contributed by atoms with Gasteiger partial charge < -0.3 is 16.0 Å². The molecule has 0 aromatic heterocycles. The van der Waals surface area contributed by atoms with Crippen molar-refractivity contribution in [3.8, 4) is 0 Å². The molecule has 0 spiro atoms. The predicted molar refractivity (Wildman–Crippen MR) is 82.4 cm³/mol. The standard InChI is InChI=1S/C16H31N3O/c1-3-19-10-6-14(7-11-19)18-15(20)16(12-17)8-4-13(2)5-9-16/h13-14H,3-12,17H2,1-2H3,(H,18,20). The minimum atomic E-state index is -0.283. The summed E-state index contributed by atoms with van der Waals surface area (Å²) in [5.41, 5.74) is 5.68. The zero-order chi connectivity index (χ0) is 14.6. The highest BCUT2D eigenvalue weighted by atomic mass is 16.2. The van der Waals surface area contributed by atoms with Crippen LogP contribution in [0.2, 0.25) is 0 Å². The van der Waals surface area contributed by atoms with Crippen molar-refractivity contribution in [2.45, 2.75) is 58.4 Å². The van der Waals surface area contributed by atoms with Crippen molar-refractivity contribution in [3.05, 3.63) is 0 Å². The van der Waals surface area contributed by atoms with Gasteiger partial charge in [0.2, 0.25) is 5.91 Å². The molecule has 20 heavy (non-hydrogen) atoms. The molecule has 1 aliphatic carbocycles. The van der Waals surface area contributed by atoms with Crippen LogP contribution >= 0.6 is 0 Å². The first-order chi connectivity index (χ1) is 9.59. The number of hydrogen-bond acceptors (Lipinski definition) is 3. The van der Waals surface area contributed by atoms with Gasteiger partial charge in [-0.2, -0.15) is 0 Å². The number of hydrogen-bond donors (Lipinski definition) is 2. The Morgan fingerprint density at radius 3 is 2.35 bits per heavy atom. The molecular weight excluding hydrogens is 250 g/mol. The van der Waals surface area contributed by atoms with Crippen LogP contribution in [0.15, 0.2) is 0 Å². The van der Waals surface area contributed by atoms with Gasteiger partial charge in [0.15, 0.2) is 0 Å². The quantitative estimate of drug-likeness (QED) is 0.825. The van der Waals surface area contributed by atoms with Crippen LogP contribution < -0.4 is 11.1 Å². The number of carbonyl (C=O) groups excluding carboxylic acids is 1. The minimum absolute atomic E-state index is 0.224. The first kappa shape index (κ1) is 15.8. The summed E-state index contributed by atoms with van der Waals surface area (Å²) in [7, 11) is 0. The van der Waals surface area contributed by atoms with Crippen LogP contribution in [0, 0.1) is 11.3 Å². The monoisotopic (exact) mass is 281 g/mol. The molecule has 4 nitrogen and oxygen atoms in total. The average Bonchev–Trinajstić information content (AvgIpc) is 2.49. The highest BCUT2D eigenvalue weighted by Gasteiger charge is 2.40. The van der Waals surface area contributed by atoms with Crippen LogP contribution in [0.4, 0.5) is 0 Å². The number of nitrogens with one attached hydrogen (secondary N) is 1. The molecular formula is C16H31N3O. The highest BCUT2D eigenvalue weighted by molar-refractivity contribution is 5.83. The fraction of sp³-hybridized carbons (Fsp3) is 0.938. The lowest BCUT2D eigenvalue weighted by molar-refractivity contribution is -0.134. The van der Waals surface area contributed by atoms with Crippen LogP contribution in [0.1, 0.15) is 52.4 Å². The van der Waals surface area contributed by atoms with Gasteiger partial charge in [0.05, 0.1) is 5.41 Å². The predicted octanol–water partition coefficient (Wildman–Crippen LogP) is 1.74. The lowest BCUT2D eigenvalue weighted by Crippen LogP contribution is -2.53. The van der Waals surface area contributed by atoms with Crippen molar-refractivity contribution in [1.29, 1.82) is 0 Å². The normalized spacial score (nSPS) is 33.0. The fourth-order valence-electron chi connectivity index (χ4n) is 3.57. The smallest absolute Gasteiger partial charge is 0.227 e. The summed E-state index contributed by atoms with van der Waals surface area (Å²) < 4.78 is 0. The van der Waals surface area contributed by atoms with E-state index >= 15 is 0 Å². The lowest BCUT2D eigenvalue weighted by atomic mass is 9.70. The Bertz CT molecular complexity index is 316. The molecule has 2 fully saturated rings. The van der Waals surface area contributed by atoms with E-state index < -0.39 is 0 Å². The third-order valence-corrected chi connectivity index (χ3v) is 5.47. The van der Waals surface area contributed by atoms with Gasteiger partial charge in [0.25, 0.3) is 0 Å². The van der Waals surface area contributed by atoms with Gasteiger partial charge >= 0.3 is 0 Å². The van der Waals surface area contributed by atoms with Crippen molar-refractivity contribution in [2.24, 2.45) is 17.1 Å². The molecule has 1 saturated carbocycles. The zero-order valence-electron chi connectivity index (χ0n) is 13.2. The van der Waals surface area contributed by atoms with E-state index in [-0.39, 0.29) is 11.3 Å². The Balaban J connectivity index is 1.87. The van der Waals surface area contributed by atoms with E-state index in [2.05, 4.69) is 24.1 Å². The number of likely N-dealkylation sites (tertiary alicyclic amines) is 1. The molecule has 3 N–H and O–H groups in total. The SMILES string of the molecule is CCN1CCC(NC(=O)C2(CN)CCC(C)CC2)CC1. The second kappa shape index (κ2) is 6.90. The van der Waals surface area contributed by atoms with Gasteiger partial charge in [-0.05, 0) is 51.0 Å². The first-order valence-corrected chi connectivity index (χ1v) is 8.33. The van der Waals surface area contributed by atoms with E-state index in [0.29, 0.717) is 12.6 Å². The molecule has 2 rings (SSSR count). The molecule has 0 unspecified atom stereocenters. The van der Waals surface area contributed by atoms with Crippen LogP contribution in [0.25, 0.3) is 0 Å². The van der Waals surface area contributed by atoms with E-state index in [4.69, 9.17) is 5.73 Å². The molecule has 0 aromatic rings. The maximum Gasteiger partial charge on any atom is 0.227 e. The van der Waals surface area contributed by atoms with Gasteiger partial charge in [-0.15, -0.1) is 0 Å². The molecule has 4 heteroatoms. The first-order valence-electron chi connectivity index (χ1n) is 8.33. The number of carbonyl (C=O) groups is 1. The van der Waals surface area contributed by atoms with E-state index in [1.54, 1.807) is 0 Å². The van der Waals surface area contributed by atoms with Gasteiger partial charge in [-0.1, -0.05) is 13.8 Å². The molecule has 0 radical (unpaired) electrons. The Morgan fingerprint density at radius 2 is 1.85 bits per heavy atom. The zero-order valence-corrected chi connectivity index (χ0v) is 13.2. The molecule has 0 atom stereocenters. The van der Waals surface area contributed by atoms with Crippen LogP contribution in [0.5, 0.6) is 0 Å².